The first-order chi connectivity index (χ1) is 11.8. The molecule has 2 rings (SSSR count). The first-order valence-corrected chi connectivity index (χ1v) is 9.15. The van der Waals surface area contributed by atoms with E-state index < -0.39 is 22.0 Å². The number of methoxy groups -OCH3 is 1. The van der Waals surface area contributed by atoms with Gasteiger partial charge in [-0.3, -0.25) is 4.98 Å². The second kappa shape index (κ2) is 8.39. The third kappa shape index (κ3) is 4.99. The third-order valence-corrected chi connectivity index (χ3v) is 5.24. The fourth-order valence-electron chi connectivity index (χ4n) is 2.25. The highest BCUT2D eigenvalue weighted by Crippen LogP contribution is 2.23. The number of rotatable bonds is 8. The van der Waals surface area contributed by atoms with Crippen molar-refractivity contribution >= 4 is 27.6 Å². The lowest BCUT2D eigenvalue weighted by Crippen LogP contribution is -2.30. The third-order valence-electron chi connectivity index (χ3n) is 3.48. The summed E-state index contributed by atoms with van der Waals surface area (Å²) in [4.78, 5) is 14.6. The number of ether oxygens (including phenoxy) is 1. The van der Waals surface area contributed by atoms with Gasteiger partial charge in [-0.25, -0.2) is 17.9 Å². The Morgan fingerprint density at radius 1 is 1.32 bits per heavy atom. The highest BCUT2D eigenvalue weighted by atomic mass is 35.5. The number of halogens is 1. The number of sulfonamides is 1. The van der Waals surface area contributed by atoms with Crippen molar-refractivity contribution in [3.8, 4) is 0 Å². The van der Waals surface area contributed by atoms with E-state index in [-0.39, 0.29) is 10.5 Å². The number of pyridine rings is 1. The smallest absolute Gasteiger partial charge is 0.337 e. The van der Waals surface area contributed by atoms with Crippen LogP contribution in [0.15, 0.2) is 47.6 Å². The molecule has 134 valence electrons. The van der Waals surface area contributed by atoms with E-state index in [2.05, 4.69) is 9.71 Å². The molecule has 0 aliphatic heterocycles. The van der Waals surface area contributed by atoms with Crippen LogP contribution in [0.25, 0.3) is 0 Å². The van der Waals surface area contributed by atoms with Gasteiger partial charge in [0.05, 0.1) is 5.56 Å². The zero-order valence-corrected chi connectivity index (χ0v) is 14.9. The van der Waals surface area contributed by atoms with Gasteiger partial charge in [0.25, 0.3) is 0 Å². The van der Waals surface area contributed by atoms with Crippen molar-refractivity contribution in [2.45, 2.75) is 17.4 Å². The quantitative estimate of drug-likeness (QED) is 0.724. The molecule has 25 heavy (non-hydrogen) atoms. The maximum absolute atomic E-state index is 12.7. The van der Waals surface area contributed by atoms with Crippen LogP contribution in [-0.4, -0.2) is 38.2 Å². The molecule has 0 amide bonds. The molecule has 1 aromatic heterocycles. The Hall–Kier alpha value is -2.00. The monoisotopic (exact) mass is 384 g/mol. The van der Waals surface area contributed by atoms with E-state index in [4.69, 9.17) is 16.3 Å². The minimum absolute atomic E-state index is 0.314. The van der Waals surface area contributed by atoms with Crippen LogP contribution in [0.4, 0.5) is 0 Å². The number of hydrogen-bond acceptors (Lipinski definition) is 5. The fourth-order valence-corrected chi connectivity index (χ4v) is 3.77. The standard InChI is InChI=1S/C16H17ClN2O5S/c1-24-9-7-14(11-2-4-12(17)5-3-11)19-25(22,23)15-10-18-8-6-13(15)16(20)21/h2-6,8,10,14,19H,7,9H2,1H3,(H,20,21). The van der Waals surface area contributed by atoms with Gasteiger partial charge < -0.3 is 9.84 Å². The van der Waals surface area contributed by atoms with Crippen LogP contribution in [0.2, 0.25) is 5.02 Å². The molecule has 0 fully saturated rings. The largest absolute Gasteiger partial charge is 0.478 e. The Kier molecular flexibility index (Phi) is 6.49. The minimum Gasteiger partial charge on any atom is -0.478 e. The minimum atomic E-state index is -4.11. The Morgan fingerprint density at radius 3 is 2.60 bits per heavy atom. The molecule has 7 nitrogen and oxygen atoms in total. The maximum atomic E-state index is 12.7. The highest BCUT2D eigenvalue weighted by molar-refractivity contribution is 7.89. The van der Waals surface area contributed by atoms with Crippen LogP contribution in [0.3, 0.4) is 0 Å². The van der Waals surface area contributed by atoms with E-state index >= 15 is 0 Å². The summed E-state index contributed by atoms with van der Waals surface area (Å²) in [6.07, 6.45) is 2.60. The summed E-state index contributed by atoms with van der Waals surface area (Å²) in [5.74, 6) is -1.34. The predicted molar refractivity (Wildman–Crippen MR) is 92.2 cm³/mol. The molecule has 1 heterocycles. The lowest BCUT2D eigenvalue weighted by atomic mass is 10.1. The number of carboxylic acids is 1. The number of benzene rings is 1. The van der Waals surface area contributed by atoms with Crippen molar-refractivity contribution in [2.24, 2.45) is 0 Å². The molecular formula is C16H17ClN2O5S. The molecule has 1 unspecified atom stereocenters. The van der Waals surface area contributed by atoms with Gasteiger partial charge in [0.15, 0.2) is 0 Å². The molecule has 0 spiro atoms. The SMILES string of the molecule is COCCC(NS(=O)(=O)c1cnccc1C(=O)O)c1ccc(Cl)cc1. The van der Waals surface area contributed by atoms with Gasteiger partial charge in [-0.15, -0.1) is 0 Å². The molecule has 9 heteroatoms. The number of aromatic carboxylic acids is 1. The molecule has 0 aliphatic rings. The maximum Gasteiger partial charge on any atom is 0.337 e. The molecule has 0 bridgehead atoms. The molecule has 0 aliphatic carbocycles. The van der Waals surface area contributed by atoms with Crippen molar-refractivity contribution in [3.63, 3.8) is 0 Å². The average Bonchev–Trinajstić information content (AvgIpc) is 2.59. The summed E-state index contributed by atoms with van der Waals surface area (Å²) in [5.41, 5.74) is 0.342. The second-order valence-corrected chi connectivity index (χ2v) is 7.30. The Morgan fingerprint density at radius 2 is 2.00 bits per heavy atom. The van der Waals surface area contributed by atoms with Crippen LogP contribution in [0.5, 0.6) is 0 Å². The van der Waals surface area contributed by atoms with Crippen molar-refractivity contribution in [1.29, 1.82) is 0 Å². The summed E-state index contributed by atoms with van der Waals surface area (Å²) in [6.45, 7) is 0.314. The zero-order valence-electron chi connectivity index (χ0n) is 13.3. The molecule has 2 aromatic rings. The second-order valence-electron chi connectivity index (χ2n) is 5.18. The number of carboxylic acid groups (broad SMARTS) is 1. The van der Waals surface area contributed by atoms with E-state index in [1.807, 2.05) is 0 Å². The number of nitrogens with one attached hydrogen (secondary N) is 1. The van der Waals surface area contributed by atoms with Crippen LogP contribution in [0, 0.1) is 0 Å². The number of aromatic nitrogens is 1. The molecule has 2 N–H and O–H groups in total. The van der Waals surface area contributed by atoms with Crippen LogP contribution in [-0.2, 0) is 14.8 Å². The Labute approximate surface area is 150 Å². The molecule has 0 radical (unpaired) electrons. The summed E-state index contributed by atoms with van der Waals surface area (Å²) < 4.78 is 32.9. The lowest BCUT2D eigenvalue weighted by molar-refractivity contribution is 0.0692. The zero-order chi connectivity index (χ0) is 18.4. The highest BCUT2D eigenvalue weighted by Gasteiger charge is 2.26. The molecule has 0 saturated heterocycles. The van der Waals surface area contributed by atoms with Gasteiger partial charge in [-0.05, 0) is 30.2 Å². The Balaban J connectivity index is 2.37. The van der Waals surface area contributed by atoms with Gasteiger partial charge in [0.2, 0.25) is 10.0 Å². The van der Waals surface area contributed by atoms with Crippen LogP contribution in [0.1, 0.15) is 28.4 Å². The van der Waals surface area contributed by atoms with E-state index in [9.17, 15) is 18.3 Å². The first kappa shape index (κ1) is 19.3. The topological polar surface area (TPSA) is 106 Å². The van der Waals surface area contributed by atoms with Gasteiger partial charge in [-0.1, -0.05) is 23.7 Å². The summed E-state index contributed by atoms with van der Waals surface area (Å²) in [6, 6.07) is 7.24. The van der Waals surface area contributed by atoms with Gasteiger partial charge in [0.1, 0.15) is 4.90 Å². The van der Waals surface area contributed by atoms with E-state index in [0.29, 0.717) is 23.6 Å². The molecule has 0 saturated carbocycles. The predicted octanol–water partition coefficient (Wildman–Crippen LogP) is 2.49. The summed E-state index contributed by atoms with van der Waals surface area (Å²) in [5, 5.41) is 9.72. The van der Waals surface area contributed by atoms with Crippen molar-refractivity contribution in [3.05, 3.63) is 58.9 Å². The molecular weight excluding hydrogens is 368 g/mol. The number of nitrogens with zero attached hydrogens (tertiary/aromatic N) is 1. The van der Waals surface area contributed by atoms with E-state index in [0.717, 1.165) is 12.3 Å². The average molecular weight is 385 g/mol. The van der Waals surface area contributed by atoms with Gasteiger partial charge >= 0.3 is 5.97 Å². The van der Waals surface area contributed by atoms with Gasteiger partial charge in [-0.2, -0.15) is 0 Å². The van der Waals surface area contributed by atoms with Gasteiger partial charge in [0, 0.05) is 37.2 Å². The lowest BCUT2D eigenvalue weighted by Gasteiger charge is -2.19. The summed E-state index contributed by atoms with van der Waals surface area (Å²) >= 11 is 5.87. The fraction of sp³-hybridized carbons (Fsp3) is 0.250. The molecule has 1 atom stereocenters. The van der Waals surface area contributed by atoms with Crippen LogP contribution >= 0.6 is 11.6 Å². The Bertz CT molecular complexity index is 840. The van der Waals surface area contributed by atoms with Crippen molar-refractivity contribution in [1.82, 2.24) is 9.71 Å². The van der Waals surface area contributed by atoms with Crippen LogP contribution < -0.4 is 4.72 Å². The normalized spacial score (nSPS) is 12.7. The summed E-state index contributed by atoms with van der Waals surface area (Å²) in [7, 11) is -2.59. The van der Waals surface area contributed by atoms with E-state index in [1.165, 1.54) is 13.3 Å². The molecule has 1 aromatic carbocycles. The van der Waals surface area contributed by atoms with E-state index in [1.54, 1.807) is 24.3 Å². The van der Waals surface area contributed by atoms with Crippen molar-refractivity contribution in [2.75, 3.05) is 13.7 Å². The number of carbonyl (C=O) groups is 1. The van der Waals surface area contributed by atoms with Crippen molar-refractivity contribution < 1.29 is 23.1 Å². The first-order valence-electron chi connectivity index (χ1n) is 7.29. The number of hydrogen-bond donors (Lipinski definition) is 2.